The van der Waals surface area contributed by atoms with Crippen molar-refractivity contribution in [2.75, 3.05) is 20.0 Å². The van der Waals surface area contributed by atoms with Crippen LogP contribution in [0, 0.1) is 0 Å². The summed E-state index contributed by atoms with van der Waals surface area (Å²) in [6.07, 6.45) is 0. The highest BCUT2D eigenvalue weighted by atomic mass is 16.5. The maximum atomic E-state index is 13.2. The second-order valence-electron chi connectivity index (χ2n) is 6.25. The lowest BCUT2D eigenvalue weighted by Gasteiger charge is -2.12. The van der Waals surface area contributed by atoms with Crippen molar-refractivity contribution in [2.24, 2.45) is 0 Å². The number of anilines is 1. The van der Waals surface area contributed by atoms with E-state index in [9.17, 15) is 4.79 Å². The predicted octanol–water partition coefficient (Wildman–Crippen LogP) is 3.65. The number of benzene rings is 3. The molecule has 0 radical (unpaired) electrons. The number of ether oxygens (including phenoxy) is 2. The molecule has 0 aliphatic carbocycles. The topological polar surface area (TPSA) is 79.4 Å². The highest BCUT2D eigenvalue weighted by Gasteiger charge is 2.12. The number of hydrogen-bond acceptors (Lipinski definition) is 5. The first-order valence-electron chi connectivity index (χ1n) is 8.72. The average Bonchev–Trinajstić information content (AvgIpc) is 2.74. The van der Waals surface area contributed by atoms with Gasteiger partial charge in [0.05, 0.1) is 30.8 Å². The number of nitrogen functional groups attached to an aromatic ring is 1. The molecule has 2 N–H and O–H groups in total. The molecule has 6 nitrogen and oxygen atoms in total. The largest absolute Gasteiger partial charge is 0.493 e. The van der Waals surface area contributed by atoms with E-state index in [1.165, 1.54) is 4.57 Å². The zero-order valence-corrected chi connectivity index (χ0v) is 15.5. The fourth-order valence-corrected chi connectivity index (χ4v) is 3.22. The minimum absolute atomic E-state index is 0.155. The van der Waals surface area contributed by atoms with E-state index in [2.05, 4.69) is 4.98 Å². The Morgan fingerprint density at radius 2 is 1.54 bits per heavy atom. The fraction of sp³-hybridized carbons (Fsp3) is 0.0909. The zero-order valence-electron chi connectivity index (χ0n) is 15.5. The van der Waals surface area contributed by atoms with Crippen molar-refractivity contribution < 1.29 is 9.47 Å². The third-order valence-electron chi connectivity index (χ3n) is 4.63. The maximum Gasteiger partial charge on any atom is 0.267 e. The van der Waals surface area contributed by atoms with Gasteiger partial charge in [0.1, 0.15) is 0 Å². The summed E-state index contributed by atoms with van der Waals surface area (Å²) in [5, 5.41) is 0.491. The molecule has 1 heterocycles. The van der Waals surface area contributed by atoms with E-state index in [4.69, 9.17) is 15.2 Å². The van der Waals surface area contributed by atoms with Gasteiger partial charge < -0.3 is 15.2 Å². The first-order chi connectivity index (χ1) is 13.6. The number of aromatic nitrogens is 2. The first-order valence-corrected chi connectivity index (χ1v) is 8.72. The molecule has 0 spiro atoms. The third-order valence-corrected chi connectivity index (χ3v) is 4.63. The number of hydrogen-bond donors (Lipinski definition) is 1. The van der Waals surface area contributed by atoms with Crippen LogP contribution in [0.15, 0.2) is 71.5 Å². The van der Waals surface area contributed by atoms with Crippen LogP contribution < -0.4 is 20.8 Å². The molecule has 4 rings (SSSR count). The summed E-state index contributed by atoms with van der Waals surface area (Å²) in [6, 6.07) is 20.4. The molecule has 0 aliphatic rings. The van der Waals surface area contributed by atoms with Gasteiger partial charge in [-0.2, -0.15) is 0 Å². The normalized spacial score (nSPS) is 10.8. The lowest BCUT2D eigenvalue weighted by Crippen LogP contribution is -2.23. The SMILES string of the molecule is COc1ccc(-c2ccc3nc(N)n(-c4ccccc4)c(=O)c3c2)cc1OC. The molecule has 0 amide bonds. The number of nitrogens with zero attached hydrogens (tertiary/aromatic N) is 2. The van der Waals surface area contributed by atoms with E-state index in [1.54, 1.807) is 20.3 Å². The van der Waals surface area contributed by atoms with Crippen LogP contribution in [-0.2, 0) is 0 Å². The van der Waals surface area contributed by atoms with Crippen LogP contribution in [-0.4, -0.2) is 23.8 Å². The molecule has 4 aromatic rings. The second kappa shape index (κ2) is 7.08. The van der Waals surface area contributed by atoms with Crippen LogP contribution in [0.4, 0.5) is 5.95 Å². The monoisotopic (exact) mass is 373 g/mol. The molecule has 0 aliphatic heterocycles. The van der Waals surface area contributed by atoms with Crippen LogP contribution in [0.5, 0.6) is 11.5 Å². The molecular formula is C22H19N3O3. The molecule has 0 saturated heterocycles. The molecule has 3 aromatic carbocycles. The van der Waals surface area contributed by atoms with Crippen molar-refractivity contribution in [3.63, 3.8) is 0 Å². The van der Waals surface area contributed by atoms with Crippen molar-refractivity contribution in [3.8, 4) is 28.3 Å². The van der Waals surface area contributed by atoms with Crippen molar-refractivity contribution in [1.29, 1.82) is 0 Å². The predicted molar refractivity (Wildman–Crippen MR) is 110 cm³/mol. The minimum Gasteiger partial charge on any atom is -0.493 e. The molecule has 0 bridgehead atoms. The smallest absolute Gasteiger partial charge is 0.267 e. The van der Waals surface area contributed by atoms with Crippen molar-refractivity contribution >= 4 is 16.9 Å². The van der Waals surface area contributed by atoms with Gasteiger partial charge in [-0.05, 0) is 47.5 Å². The summed E-state index contributed by atoms with van der Waals surface area (Å²) < 4.78 is 12.1. The Balaban J connectivity index is 1.91. The molecular weight excluding hydrogens is 354 g/mol. The van der Waals surface area contributed by atoms with Gasteiger partial charge in [0.15, 0.2) is 11.5 Å². The van der Waals surface area contributed by atoms with E-state index < -0.39 is 0 Å². The van der Waals surface area contributed by atoms with Gasteiger partial charge in [0, 0.05) is 0 Å². The second-order valence-corrected chi connectivity index (χ2v) is 6.25. The summed E-state index contributed by atoms with van der Waals surface area (Å²) in [7, 11) is 3.18. The van der Waals surface area contributed by atoms with Gasteiger partial charge in [-0.1, -0.05) is 30.3 Å². The van der Waals surface area contributed by atoms with E-state index in [1.807, 2.05) is 60.7 Å². The Morgan fingerprint density at radius 1 is 0.857 bits per heavy atom. The summed E-state index contributed by atoms with van der Waals surface area (Å²) in [5.41, 5.74) is 8.86. The van der Waals surface area contributed by atoms with Gasteiger partial charge in [0.25, 0.3) is 5.56 Å². The standard InChI is InChI=1S/C22H19N3O3/c1-27-19-11-9-15(13-20(19)28-2)14-8-10-18-17(12-14)21(26)25(22(23)24-18)16-6-4-3-5-7-16/h3-13H,1-2H3,(H2,23,24). The Morgan fingerprint density at radius 3 is 2.25 bits per heavy atom. The number of para-hydroxylation sites is 1. The van der Waals surface area contributed by atoms with Crippen LogP contribution >= 0.6 is 0 Å². The van der Waals surface area contributed by atoms with Crippen molar-refractivity contribution in [3.05, 3.63) is 77.1 Å². The number of methoxy groups -OCH3 is 2. The quantitative estimate of drug-likeness (QED) is 0.591. The van der Waals surface area contributed by atoms with Crippen molar-refractivity contribution in [2.45, 2.75) is 0 Å². The minimum atomic E-state index is -0.212. The van der Waals surface area contributed by atoms with Gasteiger partial charge in [0.2, 0.25) is 5.95 Å². The molecule has 28 heavy (non-hydrogen) atoms. The summed E-state index contributed by atoms with van der Waals surface area (Å²) >= 11 is 0. The third kappa shape index (κ3) is 2.95. The van der Waals surface area contributed by atoms with Gasteiger partial charge in [-0.3, -0.25) is 4.79 Å². The molecule has 0 fully saturated rings. The first kappa shape index (κ1) is 17.6. The summed E-state index contributed by atoms with van der Waals surface area (Å²) in [5.74, 6) is 1.42. The Hall–Kier alpha value is -3.80. The molecule has 0 unspecified atom stereocenters. The molecule has 0 atom stereocenters. The van der Waals surface area contributed by atoms with Crippen LogP contribution in [0.3, 0.4) is 0 Å². The van der Waals surface area contributed by atoms with Gasteiger partial charge in [-0.25, -0.2) is 9.55 Å². The van der Waals surface area contributed by atoms with E-state index in [0.717, 1.165) is 11.1 Å². The number of rotatable bonds is 4. The maximum absolute atomic E-state index is 13.2. The number of nitrogens with two attached hydrogens (primary N) is 1. The van der Waals surface area contributed by atoms with Gasteiger partial charge >= 0.3 is 0 Å². The fourth-order valence-electron chi connectivity index (χ4n) is 3.22. The average molecular weight is 373 g/mol. The lowest BCUT2D eigenvalue weighted by molar-refractivity contribution is 0.355. The zero-order chi connectivity index (χ0) is 19.7. The summed E-state index contributed by atoms with van der Waals surface area (Å²) in [4.78, 5) is 17.6. The van der Waals surface area contributed by atoms with Crippen LogP contribution in [0.25, 0.3) is 27.7 Å². The molecule has 1 aromatic heterocycles. The van der Waals surface area contributed by atoms with Crippen molar-refractivity contribution in [1.82, 2.24) is 9.55 Å². The molecule has 6 heteroatoms. The summed E-state index contributed by atoms with van der Waals surface area (Å²) in [6.45, 7) is 0. The highest BCUT2D eigenvalue weighted by Crippen LogP contribution is 2.33. The highest BCUT2D eigenvalue weighted by molar-refractivity contribution is 5.85. The van der Waals surface area contributed by atoms with Crippen LogP contribution in [0.1, 0.15) is 0 Å². The number of fused-ring (bicyclic) bond motifs is 1. The van der Waals surface area contributed by atoms with Crippen LogP contribution in [0.2, 0.25) is 0 Å². The Labute approximate surface area is 161 Å². The van der Waals surface area contributed by atoms with Gasteiger partial charge in [-0.15, -0.1) is 0 Å². The van der Waals surface area contributed by atoms with E-state index in [0.29, 0.717) is 28.1 Å². The molecule has 0 saturated carbocycles. The molecule has 140 valence electrons. The lowest BCUT2D eigenvalue weighted by atomic mass is 10.0. The van der Waals surface area contributed by atoms with E-state index in [-0.39, 0.29) is 11.5 Å². The Kier molecular flexibility index (Phi) is 4.45. The van der Waals surface area contributed by atoms with E-state index >= 15 is 0 Å². The Bertz CT molecular complexity index is 1220.